The van der Waals surface area contributed by atoms with Gasteiger partial charge in [0.2, 0.25) is 5.91 Å². The number of carboxylic acid groups (broad SMARTS) is 3. The van der Waals surface area contributed by atoms with Gasteiger partial charge in [0.05, 0.1) is 6.04 Å². The third-order valence-electron chi connectivity index (χ3n) is 3.40. The van der Waals surface area contributed by atoms with Crippen LogP contribution in [0.5, 0.6) is 0 Å². The molecule has 0 fully saturated rings. The summed E-state index contributed by atoms with van der Waals surface area (Å²) in [6, 6.07) is -2.15. The predicted octanol–water partition coefficient (Wildman–Crippen LogP) is 0.434. The molecule has 2 atom stereocenters. The van der Waals surface area contributed by atoms with Crippen molar-refractivity contribution in [1.82, 2.24) is 10.6 Å². The van der Waals surface area contributed by atoms with Gasteiger partial charge < -0.3 is 26.0 Å². The zero-order valence-corrected chi connectivity index (χ0v) is 13.8. The summed E-state index contributed by atoms with van der Waals surface area (Å²) in [7, 11) is 0. The van der Waals surface area contributed by atoms with E-state index in [0.29, 0.717) is 6.54 Å². The van der Waals surface area contributed by atoms with Crippen LogP contribution in [0, 0.1) is 0 Å². The first-order chi connectivity index (χ1) is 11.3. The molecule has 2 unspecified atom stereocenters. The largest absolute Gasteiger partial charge is 0.481 e. The Morgan fingerprint density at radius 2 is 1.42 bits per heavy atom. The summed E-state index contributed by atoms with van der Waals surface area (Å²) in [6.45, 7) is 2.53. The number of rotatable bonds is 14. The zero-order chi connectivity index (χ0) is 18.5. The molecule has 0 aliphatic carbocycles. The van der Waals surface area contributed by atoms with Crippen molar-refractivity contribution in [1.29, 1.82) is 0 Å². The summed E-state index contributed by atoms with van der Waals surface area (Å²) >= 11 is 0. The first-order valence-electron chi connectivity index (χ1n) is 7.98. The molecule has 1 amide bonds. The predicted molar refractivity (Wildman–Crippen MR) is 84.6 cm³/mol. The van der Waals surface area contributed by atoms with E-state index in [1.54, 1.807) is 0 Å². The van der Waals surface area contributed by atoms with Crippen molar-refractivity contribution in [2.75, 3.05) is 6.54 Å². The molecule has 0 spiro atoms. The Hall–Kier alpha value is -2.16. The highest BCUT2D eigenvalue weighted by Gasteiger charge is 2.25. The van der Waals surface area contributed by atoms with E-state index in [2.05, 4.69) is 10.6 Å². The van der Waals surface area contributed by atoms with Gasteiger partial charge in [-0.3, -0.25) is 14.4 Å². The molecule has 0 radical (unpaired) electrons. The van der Waals surface area contributed by atoms with Crippen LogP contribution in [0.4, 0.5) is 0 Å². The molecule has 5 N–H and O–H groups in total. The second-order valence-corrected chi connectivity index (χ2v) is 5.48. The Bertz CT molecular complexity index is 440. The molecule has 0 aromatic carbocycles. The molecule has 0 rings (SSSR count). The minimum atomic E-state index is -1.33. The van der Waals surface area contributed by atoms with E-state index in [-0.39, 0.29) is 25.7 Å². The maximum Gasteiger partial charge on any atom is 0.326 e. The Kier molecular flexibility index (Phi) is 11.2. The van der Waals surface area contributed by atoms with Crippen molar-refractivity contribution >= 4 is 23.8 Å². The van der Waals surface area contributed by atoms with Gasteiger partial charge in [-0.25, -0.2) is 4.79 Å². The summed E-state index contributed by atoms with van der Waals surface area (Å²) in [5.74, 6) is -4.17. The van der Waals surface area contributed by atoms with Gasteiger partial charge in [0.15, 0.2) is 0 Å². The second kappa shape index (κ2) is 12.3. The summed E-state index contributed by atoms with van der Waals surface area (Å²) in [5.41, 5.74) is 0. The Morgan fingerprint density at radius 1 is 0.875 bits per heavy atom. The molecule has 9 heteroatoms. The van der Waals surface area contributed by atoms with Crippen molar-refractivity contribution < 1.29 is 34.5 Å². The number of unbranched alkanes of at least 4 members (excludes halogenated alkanes) is 2. The lowest BCUT2D eigenvalue weighted by atomic mass is 10.1. The molecule has 0 aliphatic rings. The Morgan fingerprint density at radius 3 is 1.88 bits per heavy atom. The fourth-order valence-corrected chi connectivity index (χ4v) is 2.04. The number of nitrogens with one attached hydrogen (secondary N) is 2. The molecule has 138 valence electrons. The highest BCUT2D eigenvalue weighted by atomic mass is 16.4. The van der Waals surface area contributed by atoms with E-state index < -0.39 is 35.9 Å². The first-order valence-corrected chi connectivity index (χ1v) is 7.98. The lowest BCUT2D eigenvalue weighted by Crippen LogP contribution is -2.50. The molecule has 0 bridgehead atoms. The molecular formula is C15H26N2O7. The molecule has 0 aliphatic heterocycles. The fourth-order valence-electron chi connectivity index (χ4n) is 2.04. The van der Waals surface area contributed by atoms with Crippen molar-refractivity contribution in [2.24, 2.45) is 0 Å². The van der Waals surface area contributed by atoms with Crippen LogP contribution in [0.15, 0.2) is 0 Å². The van der Waals surface area contributed by atoms with Crippen molar-refractivity contribution in [3.05, 3.63) is 0 Å². The lowest BCUT2D eigenvalue weighted by Gasteiger charge is -2.21. The number of hydrogen-bond donors (Lipinski definition) is 5. The molecule has 0 aromatic heterocycles. The highest BCUT2D eigenvalue weighted by Crippen LogP contribution is 2.03. The maximum atomic E-state index is 12.2. The Balaban J connectivity index is 4.68. The molecule has 9 nitrogen and oxygen atoms in total. The van der Waals surface area contributed by atoms with Crippen LogP contribution in [0.3, 0.4) is 0 Å². The van der Waals surface area contributed by atoms with Crippen molar-refractivity contribution in [3.63, 3.8) is 0 Å². The van der Waals surface area contributed by atoms with Gasteiger partial charge in [0.25, 0.3) is 0 Å². The number of carbonyl (C=O) groups excluding carboxylic acids is 1. The smallest absolute Gasteiger partial charge is 0.326 e. The lowest BCUT2D eigenvalue weighted by molar-refractivity contribution is -0.144. The maximum absolute atomic E-state index is 12.2. The topological polar surface area (TPSA) is 153 Å². The van der Waals surface area contributed by atoms with Gasteiger partial charge in [-0.1, -0.05) is 19.8 Å². The molecule has 24 heavy (non-hydrogen) atoms. The van der Waals surface area contributed by atoms with E-state index in [0.717, 1.165) is 19.3 Å². The van der Waals surface area contributed by atoms with Crippen molar-refractivity contribution in [3.8, 4) is 0 Å². The van der Waals surface area contributed by atoms with Crippen LogP contribution < -0.4 is 10.6 Å². The first kappa shape index (κ1) is 21.8. The van der Waals surface area contributed by atoms with Crippen LogP contribution in [-0.4, -0.2) is 57.8 Å². The molecule has 0 heterocycles. The quantitative estimate of drug-likeness (QED) is 0.284. The van der Waals surface area contributed by atoms with E-state index in [9.17, 15) is 19.2 Å². The standard InChI is InChI=1S/C15H26N2O7/c1-2-3-4-9-16-10(5-7-12(18)19)14(22)17-11(15(23)24)6-8-13(20)21/h10-11,16H,2-9H2,1H3,(H,17,22)(H,18,19)(H,20,21)(H,23,24). The summed E-state index contributed by atoms with van der Waals surface area (Å²) < 4.78 is 0. The average Bonchev–Trinajstić information content (AvgIpc) is 2.49. The molecular weight excluding hydrogens is 320 g/mol. The van der Waals surface area contributed by atoms with E-state index in [1.165, 1.54) is 0 Å². The number of carbonyl (C=O) groups is 4. The van der Waals surface area contributed by atoms with Crippen LogP contribution in [0.25, 0.3) is 0 Å². The van der Waals surface area contributed by atoms with Gasteiger partial charge in [-0.05, 0) is 25.8 Å². The molecule has 0 aromatic rings. The van der Waals surface area contributed by atoms with Crippen molar-refractivity contribution in [2.45, 2.75) is 64.0 Å². The van der Waals surface area contributed by atoms with Crippen LogP contribution in [0.1, 0.15) is 51.9 Å². The summed E-state index contributed by atoms with van der Waals surface area (Å²) in [4.78, 5) is 44.5. The number of amides is 1. The number of hydrogen-bond acceptors (Lipinski definition) is 5. The van der Waals surface area contributed by atoms with Crippen LogP contribution in [0.2, 0.25) is 0 Å². The van der Waals surface area contributed by atoms with E-state index >= 15 is 0 Å². The minimum Gasteiger partial charge on any atom is -0.481 e. The van der Waals surface area contributed by atoms with Gasteiger partial charge >= 0.3 is 17.9 Å². The minimum absolute atomic E-state index is 0.0264. The third kappa shape index (κ3) is 10.5. The normalized spacial score (nSPS) is 13.0. The van der Waals surface area contributed by atoms with Gasteiger partial charge in [-0.15, -0.1) is 0 Å². The Labute approximate surface area is 140 Å². The van der Waals surface area contributed by atoms with Gasteiger partial charge in [0, 0.05) is 12.8 Å². The molecule has 0 saturated heterocycles. The average molecular weight is 346 g/mol. The molecule has 0 saturated carbocycles. The second-order valence-electron chi connectivity index (χ2n) is 5.48. The van der Waals surface area contributed by atoms with E-state index in [4.69, 9.17) is 15.3 Å². The summed E-state index contributed by atoms with van der Waals surface area (Å²) in [6.07, 6.45) is 1.93. The van der Waals surface area contributed by atoms with Crippen LogP contribution >= 0.6 is 0 Å². The van der Waals surface area contributed by atoms with Crippen LogP contribution in [-0.2, 0) is 19.2 Å². The monoisotopic (exact) mass is 346 g/mol. The third-order valence-corrected chi connectivity index (χ3v) is 3.40. The summed E-state index contributed by atoms with van der Waals surface area (Å²) in [5, 5.41) is 31.6. The highest BCUT2D eigenvalue weighted by molar-refractivity contribution is 5.87. The van der Waals surface area contributed by atoms with Gasteiger partial charge in [0.1, 0.15) is 6.04 Å². The fraction of sp³-hybridized carbons (Fsp3) is 0.733. The number of aliphatic carboxylic acids is 3. The van der Waals surface area contributed by atoms with E-state index in [1.807, 2.05) is 6.92 Å². The van der Waals surface area contributed by atoms with Gasteiger partial charge in [-0.2, -0.15) is 0 Å². The number of carboxylic acids is 3. The SMILES string of the molecule is CCCCCNC(CCC(=O)O)C(=O)NC(CCC(=O)O)C(=O)O. The zero-order valence-electron chi connectivity index (χ0n) is 13.8.